The first-order valence-corrected chi connectivity index (χ1v) is 10.8. The third-order valence-electron chi connectivity index (χ3n) is 5.74. The van der Waals surface area contributed by atoms with E-state index >= 15 is 0 Å². The van der Waals surface area contributed by atoms with Crippen molar-refractivity contribution in [3.8, 4) is 11.4 Å². The van der Waals surface area contributed by atoms with Crippen LogP contribution in [-0.2, 0) is 11.2 Å². The summed E-state index contributed by atoms with van der Waals surface area (Å²) in [5, 5.41) is 0. The quantitative estimate of drug-likeness (QED) is 0.633. The third-order valence-corrected chi connectivity index (χ3v) is 5.74. The maximum atomic E-state index is 13.0. The van der Waals surface area contributed by atoms with Crippen LogP contribution in [0.3, 0.4) is 0 Å². The molecule has 1 aliphatic heterocycles. The second-order valence-corrected chi connectivity index (χ2v) is 8.46. The Balaban J connectivity index is 1.56. The lowest BCUT2D eigenvalue weighted by Gasteiger charge is -2.33. The van der Waals surface area contributed by atoms with Crippen molar-refractivity contribution in [3.05, 3.63) is 71.7 Å². The first-order valence-electron chi connectivity index (χ1n) is 10.8. The Morgan fingerprint density at radius 2 is 2.03 bits per heavy atom. The van der Waals surface area contributed by atoms with Gasteiger partial charge in [0.1, 0.15) is 5.82 Å². The molecule has 1 fully saturated rings. The first-order chi connectivity index (χ1) is 15.0. The fourth-order valence-corrected chi connectivity index (χ4v) is 4.07. The van der Waals surface area contributed by atoms with Crippen LogP contribution in [0.25, 0.3) is 11.4 Å². The summed E-state index contributed by atoms with van der Waals surface area (Å²) in [5.41, 5.74) is 4.14. The fraction of sp³-hybridized carbons (Fsp3) is 0.360. The van der Waals surface area contributed by atoms with Crippen molar-refractivity contribution in [2.24, 2.45) is 0 Å². The van der Waals surface area contributed by atoms with Crippen LogP contribution in [0.1, 0.15) is 35.6 Å². The van der Waals surface area contributed by atoms with Gasteiger partial charge in [0.15, 0.2) is 5.82 Å². The monoisotopic (exact) mass is 415 g/mol. The molecule has 1 aliphatic rings. The molecule has 2 aromatic heterocycles. The molecule has 0 unspecified atom stereocenters. The summed E-state index contributed by atoms with van der Waals surface area (Å²) in [4.78, 5) is 30.8. The van der Waals surface area contributed by atoms with Crippen molar-refractivity contribution >= 4 is 11.7 Å². The van der Waals surface area contributed by atoms with Crippen molar-refractivity contribution in [1.82, 2.24) is 19.9 Å². The van der Waals surface area contributed by atoms with E-state index in [1.165, 1.54) is 5.56 Å². The second kappa shape index (κ2) is 9.25. The molecular weight excluding hydrogens is 386 g/mol. The Labute approximate surface area is 184 Å². The number of anilines is 1. The summed E-state index contributed by atoms with van der Waals surface area (Å²) in [6.45, 7) is 3.56. The van der Waals surface area contributed by atoms with Crippen molar-refractivity contribution in [2.75, 3.05) is 32.1 Å². The summed E-state index contributed by atoms with van der Waals surface area (Å²) in [7, 11) is 3.97. The summed E-state index contributed by atoms with van der Waals surface area (Å²) in [5.74, 6) is 1.93. The van der Waals surface area contributed by atoms with Gasteiger partial charge in [-0.25, -0.2) is 9.97 Å². The number of pyridine rings is 1. The average molecular weight is 416 g/mol. The van der Waals surface area contributed by atoms with Crippen LogP contribution in [-0.4, -0.2) is 52.9 Å². The summed E-state index contributed by atoms with van der Waals surface area (Å²) in [6, 6.07) is 14.1. The zero-order chi connectivity index (χ0) is 21.8. The van der Waals surface area contributed by atoms with Crippen LogP contribution >= 0.6 is 0 Å². The largest absolute Gasteiger partial charge is 0.363 e. The zero-order valence-electron chi connectivity index (χ0n) is 18.5. The topological polar surface area (TPSA) is 62.2 Å². The molecule has 0 N–H and O–H groups in total. The van der Waals surface area contributed by atoms with Crippen LogP contribution in [0.15, 0.2) is 54.9 Å². The Kier molecular flexibility index (Phi) is 6.26. The Bertz CT molecular complexity index is 1050. The molecule has 31 heavy (non-hydrogen) atoms. The van der Waals surface area contributed by atoms with Gasteiger partial charge >= 0.3 is 0 Å². The molecule has 6 heteroatoms. The van der Waals surface area contributed by atoms with Gasteiger partial charge < -0.3 is 9.80 Å². The summed E-state index contributed by atoms with van der Waals surface area (Å²) < 4.78 is 0. The Morgan fingerprint density at radius 3 is 2.77 bits per heavy atom. The van der Waals surface area contributed by atoms with Crippen molar-refractivity contribution in [2.45, 2.75) is 32.1 Å². The molecule has 1 saturated heterocycles. The number of aryl methyl sites for hydroxylation is 1. The number of hydrogen-bond donors (Lipinski definition) is 0. The zero-order valence-corrected chi connectivity index (χ0v) is 18.5. The second-order valence-electron chi connectivity index (χ2n) is 8.46. The molecule has 3 heterocycles. The molecule has 3 aromatic rings. The van der Waals surface area contributed by atoms with Gasteiger partial charge in [-0.1, -0.05) is 29.8 Å². The van der Waals surface area contributed by atoms with E-state index in [0.29, 0.717) is 18.8 Å². The van der Waals surface area contributed by atoms with Gasteiger partial charge in [-0.15, -0.1) is 0 Å². The number of amides is 1. The fourth-order valence-electron chi connectivity index (χ4n) is 4.07. The van der Waals surface area contributed by atoms with Gasteiger partial charge in [-0.05, 0) is 37.5 Å². The van der Waals surface area contributed by atoms with Crippen LogP contribution in [0.5, 0.6) is 0 Å². The SMILES string of the molecule is Cc1cccc(CC(=O)N2CCC[C@H](c3cc(N(C)C)nc(-c4cccnc4)n3)C2)c1. The van der Waals surface area contributed by atoms with E-state index in [9.17, 15) is 4.79 Å². The molecule has 1 aromatic carbocycles. The minimum Gasteiger partial charge on any atom is -0.363 e. The standard InChI is InChI=1S/C25H29N5O/c1-18-7-4-8-19(13-18)14-24(31)30-12-6-10-21(17-30)22-15-23(29(2)3)28-25(27-22)20-9-5-11-26-16-20/h4-5,7-9,11,13,15-16,21H,6,10,12,14,17H2,1-3H3/t21-/m0/s1. The maximum absolute atomic E-state index is 13.0. The lowest BCUT2D eigenvalue weighted by molar-refractivity contribution is -0.131. The molecule has 0 saturated carbocycles. The lowest BCUT2D eigenvalue weighted by atomic mass is 9.93. The normalized spacial score (nSPS) is 16.2. The van der Waals surface area contributed by atoms with E-state index in [0.717, 1.165) is 42.0 Å². The number of hydrogen-bond acceptors (Lipinski definition) is 5. The van der Waals surface area contributed by atoms with Crippen molar-refractivity contribution < 1.29 is 4.79 Å². The molecule has 4 rings (SSSR count). The number of benzene rings is 1. The van der Waals surface area contributed by atoms with Gasteiger partial charge in [-0.3, -0.25) is 9.78 Å². The molecule has 0 aliphatic carbocycles. The number of carbonyl (C=O) groups excluding carboxylic acids is 1. The highest BCUT2D eigenvalue weighted by molar-refractivity contribution is 5.79. The molecule has 0 radical (unpaired) electrons. The van der Waals surface area contributed by atoms with Gasteiger partial charge in [0.05, 0.1) is 12.1 Å². The number of rotatable bonds is 5. The van der Waals surface area contributed by atoms with Gasteiger partial charge in [0, 0.05) is 57.1 Å². The minimum absolute atomic E-state index is 0.185. The summed E-state index contributed by atoms with van der Waals surface area (Å²) in [6.07, 6.45) is 5.98. The number of likely N-dealkylation sites (tertiary alicyclic amines) is 1. The number of aromatic nitrogens is 3. The molecule has 160 valence electrons. The molecule has 1 amide bonds. The maximum Gasteiger partial charge on any atom is 0.227 e. The minimum atomic E-state index is 0.185. The highest BCUT2D eigenvalue weighted by Gasteiger charge is 2.27. The van der Waals surface area contributed by atoms with E-state index in [4.69, 9.17) is 9.97 Å². The van der Waals surface area contributed by atoms with E-state index in [1.807, 2.05) is 48.2 Å². The Hall–Kier alpha value is -3.28. The lowest BCUT2D eigenvalue weighted by Crippen LogP contribution is -2.40. The Morgan fingerprint density at radius 1 is 1.16 bits per heavy atom. The van der Waals surface area contributed by atoms with Crippen molar-refractivity contribution in [1.29, 1.82) is 0 Å². The molecule has 0 bridgehead atoms. The van der Waals surface area contributed by atoms with E-state index in [2.05, 4.69) is 30.1 Å². The third kappa shape index (κ3) is 5.08. The average Bonchev–Trinajstić information content (AvgIpc) is 2.79. The molecular formula is C25H29N5O. The van der Waals surface area contributed by atoms with Crippen LogP contribution in [0.2, 0.25) is 0 Å². The number of carbonyl (C=O) groups is 1. The molecule has 1 atom stereocenters. The first kappa shape index (κ1) is 21.0. The van der Waals surface area contributed by atoms with Gasteiger partial charge in [0.2, 0.25) is 5.91 Å². The van der Waals surface area contributed by atoms with E-state index < -0.39 is 0 Å². The van der Waals surface area contributed by atoms with Crippen LogP contribution < -0.4 is 4.90 Å². The smallest absolute Gasteiger partial charge is 0.227 e. The van der Waals surface area contributed by atoms with Crippen molar-refractivity contribution in [3.63, 3.8) is 0 Å². The predicted octanol–water partition coefficient (Wildman–Crippen LogP) is 3.86. The molecule has 6 nitrogen and oxygen atoms in total. The van der Waals surface area contributed by atoms with E-state index in [-0.39, 0.29) is 11.8 Å². The summed E-state index contributed by atoms with van der Waals surface area (Å²) >= 11 is 0. The van der Waals surface area contributed by atoms with Crippen LogP contribution in [0, 0.1) is 6.92 Å². The van der Waals surface area contributed by atoms with Gasteiger partial charge in [0.25, 0.3) is 0 Å². The number of nitrogens with zero attached hydrogens (tertiary/aromatic N) is 5. The van der Waals surface area contributed by atoms with E-state index in [1.54, 1.807) is 12.4 Å². The predicted molar refractivity (Wildman–Crippen MR) is 123 cm³/mol. The highest BCUT2D eigenvalue weighted by atomic mass is 16.2. The number of piperidine rings is 1. The highest BCUT2D eigenvalue weighted by Crippen LogP contribution is 2.29. The molecule has 0 spiro atoms. The van der Waals surface area contributed by atoms with Gasteiger partial charge in [-0.2, -0.15) is 0 Å². The van der Waals surface area contributed by atoms with Crippen LogP contribution in [0.4, 0.5) is 5.82 Å².